The van der Waals surface area contributed by atoms with E-state index < -0.39 is 6.09 Å². The lowest BCUT2D eigenvalue weighted by Gasteiger charge is -2.21. The van der Waals surface area contributed by atoms with Crippen molar-refractivity contribution < 1.29 is 19.4 Å². The molecule has 0 aliphatic carbocycles. The van der Waals surface area contributed by atoms with Gasteiger partial charge in [0.1, 0.15) is 6.61 Å². The Morgan fingerprint density at radius 1 is 1.32 bits per heavy atom. The summed E-state index contributed by atoms with van der Waals surface area (Å²) in [5.41, 5.74) is 0. The van der Waals surface area contributed by atoms with E-state index in [2.05, 4.69) is 0 Å². The molecule has 0 aliphatic rings. The van der Waals surface area contributed by atoms with Crippen LogP contribution in [0.15, 0.2) is 24.3 Å². The minimum absolute atomic E-state index is 0.294. The zero-order valence-corrected chi connectivity index (χ0v) is 11.6. The highest BCUT2D eigenvalue weighted by Gasteiger charge is 2.13. The second kappa shape index (κ2) is 7.51. The lowest BCUT2D eigenvalue weighted by molar-refractivity contribution is 0.128. The van der Waals surface area contributed by atoms with Gasteiger partial charge in [-0.1, -0.05) is 26.0 Å². The van der Waals surface area contributed by atoms with E-state index in [0.29, 0.717) is 37.1 Å². The molecule has 1 N–H and O–H groups in total. The van der Waals surface area contributed by atoms with Gasteiger partial charge < -0.3 is 19.5 Å². The molecule has 1 aromatic rings. The highest BCUT2D eigenvalue weighted by molar-refractivity contribution is 5.64. The molecular weight excluding hydrogens is 246 g/mol. The first-order chi connectivity index (χ1) is 9.04. The van der Waals surface area contributed by atoms with Gasteiger partial charge in [0, 0.05) is 6.54 Å². The second-order valence-electron chi connectivity index (χ2n) is 4.62. The standard InChI is InChI=1S/C14H21NO4/c1-11(2)10-15(14(16)17)8-9-19-13-7-5-4-6-12(13)18-3/h4-7,11H,8-10H2,1-3H3,(H,16,17). The number of ether oxygens (including phenoxy) is 2. The molecule has 0 saturated heterocycles. The predicted octanol–water partition coefficient (Wildman–Crippen LogP) is 2.71. The van der Waals surface area contributed by atoms with Crippen molar-refractivity contribution in [1.82, 2.24) is 4.90 Å². The van der Waals surface area contributed by atoms with E-state index in [-0.39, 0.29) is 0 Å². The minimum atomic E-state index is -0.919. The molecule has 5 heteroatoms. The Kier molecular flexibility index (Phi) is 5.99. The highest BCUT2D eigenvalue weighted by Crippen LogP contribution is 2.25. The SMILES string of the molecule is COc1ccccc1OCCN(CC(C)C)C(=O)O. The van der Waals surface area contributed by atoms with Gasteiger partial charge in [-0.2, -0.15) is 0 Å². The maximum atomic E-state index is 11.0. The molecule has 1 aromatic carbocycles. The van der Waals surface area contributed by atoms with Crippen LogP contribution >= 0.6 is 0 Å². The molecule has 1 rings (SSSR count). The molecule has 0 fully saturated rings. The molecule has 0 aromatic heterocycles. The molecule has 0 bridgehead atoms. The first-order valence-electron chi connectivity index (χ1n) is 6.28. The van der Waals surface area contributed by atoms with Crippen molar-refractivity contribution in [3.05, 3.63) is 24.3 Å². The summed E-state index contributed by atoms with van der Waals surface area (Å²) in [6.07, 6.45) is -0.919. The zero-order chi connectivity index (χ0) is 14.3. The second-order valence-corrected chi connectivity index (χ2v) is 4.62. The van der Waals surface area contributed by atoms with Gasteiger partial charge >= 0.3 is 6.09 Å². The van der Waals surface area contributed by atoms with Crippen LogP contribution in [-0.2, 0) is 0 Å². The Balaban J connectivity index is 2.49. The van der Waals surface area contributed by atoms with Gasteiger partial charge in [-0.25, -0.2) is 4.79 Å². The first kappa shape index (κ1) is 15.1. The maximum absolute atomic E-state index is 11.0. The number of methoxy groups -OCH3 is 1. The Hall–Kier alpha value is -1.91. The molecule has 0 unspecified atom stereocenters. The number of hydrogen-bond acceptors (Lipinski definition) is 3. The van der Waals surface area contributed by atoms with Crippen LogP contribution in [0.1, 0.15) is 13.8 Å². The normalized spacial score (nSPS) is 10.3. The van der Waals surface area contributed by atoms with E-state index in [1.54, 1.807) is 19.2 Å². The summed E-state index contributed by atoms with van der Waals surface area (Å²) in [7, 11) is 1.57. The third-order valence-electron chi connectivity index (χ3n) is 2.54. The van der Waals surface area contributed by atoms with E-state index in [1.165, 1.54) is 4.90 Å². The van der Waals surface area contributed by atoms with Crippen LogP contribution in [0.4, 0.5) is 4.79 Å². The van der Waals surface area contributed by atoms with E-state index >= 15 is 0 Å². The fourth-order valence-corrected chi connectivity index (χ4v) is 1.71. The van der Waals surface area contributed by atoms with E-state index in [9.17, 15) is 4.79 Å². The van der Waals surface area contributed by atoms with Gasteiger partial charge in [0.2, 0.25) is 0 Å². The van der Waals surface area contributed by atoms with Crippen LogP contribution in [0.25, 0.3) is 0 Å². The lowest BCUT2D eigenvalue weighted by Crippen LogP contribution is -2.36. The molecule has 0 heterocycles. The average Bonchev–Trinajstić information content (AvgIpc) is 2.37. The van der Waals surface area contributed by atoms with Crippen LogP contribution < -0.4 is 9.47 Å². The van der Waals surface area contributed by atoms with Crippen molar-refractivity contribution in [3.8, 4) is 11.5 Å². The van der Waals surface area contributed by atoms with Crippen LogP contribution in [0.5, 0.6) is 11.5 Å². The Morgan fingerprint density at radius 3 is 2.47 bits per heavy atom. The molecule has 0 atom stereocenters. The van der Waals surface area contributed by atoms with E-state index in [0.717, 1.165) is 0 Å². The molecule has 19 heavy (non-hydrogen) atoms. The van der Waals surface area contributed by atoms with E-state index in [1.807, 2.05) is 26.0 Å². The number of benzene rings is 1. The summed E-state index contributed by atoms with van der Waals surface area (Å²) in [5.74, 6) is 1.57. The summed E-state index contributed by atoms with van der Waals surface area (Å²) in [4.78, 5) is 12.4. The fourth-order valence-electron chi connectivity index (χ4n) is 1.71. The van der Waals surface area contributed by atoms with Gasteiger partial charge in [0.05, 0.1) is 13.7 Å². The Morgan fingerprint density at radius 2 is 1.95 bits per heavy atom. The van der Waals surface area contributed by atoms with Crippen molar-refractivity contribution in [2.45, 2.75) is 13.8 Å². The number of carboxylic acid groups (broad SMARTS) is 1. The van der Waals surface area contributed by atoms with Crippen molar-refractivity contribution in [2.24, 2.45) is 5.92 Å². The molecular formula is C14H21NO4. The number of amides is 1. The number of para-hydroxylation sites is 2. The summed E-state index contributed by atoms with van der Waals surface area (Å²) in [5, 5.41) is 9.07. The molecule has 106 valence electrons. The molecule has 5 nitrogen and oxygen atoms in total. The van der Waals surface area contributed by atoms with Crippen molar-refractivity contribution in [2.75, 3.05) is 26.8 Å². The molecule has 0 aliphatic heterocycles. The monoisotopic (exact) mass is 267 g/mol. The van der Waals surface area contributed by atoms with Gasteiger partial charge in [-0.15, -0.1) is 0 Å². The van der Waals surface area contributed by atoms with Gasteiger partial charge in [0.25, 0.3) is 0 Å². The van der Waals surface area contributed by atoms with Crippen LogP contribution in [0, 0.1) is 5.92 Å². The minimum Gasteiger partial charge on any atom is -0.493 e. The number of carbonyl (C=O) groups is 1. The predicted molar refractivity (Wildman–Crippen MR) is 72.9 cm³/mol. The van der Waals surface area contributed by atoms with Crippen molar-refractivity contribution in [3.63, 3.8) is 0 Å². The topological polar surface area (TPSA) is 59.0 Å². The number of nitrogens with zero attached hydrogens (tertiary/aromatic N) is 1. The summed E-state index contributed by atoms with van der Waals surface area (Å²) >= 11 is 0. The third-order valence-corrected chi connectivity index (χ3v) is 2.54. The smallest absolute Gasteiger partial charge is 0.407 e. The summed E-state index contributed by atoms with van der Waals surface area (Å²) in [6.45, 7) is 5.11. The quantitative estimate of drug-likeness (QED) is 0.825. The lowest BCUT2D eigenvalue weighted by atomic mass is 10.2. The van der Waals surface area contributed by atoms with Crippen LogP contribution in [0.3, 0.4) is 0 Å². The third kappa shape index (κ3) is 5.07. The highest BCUT2D eigenvalue weighted by atomic mass is 16.5. The number of hydrogen-bond donors (Lipinski definition) is 1. The van der Waals surface area contributed by atoms with Crippen molar-refractivity contribution >= 4 is 6.09 Å². The molecule has 1 amide bonds. The molecule has 0 radical (unpaired) electrons. The van der Waals surface area contributed by atoms with Gasteiger partial charge in [0.15, 0.2) is 11.5 Å². The first-order valence-corrected chi connectivity index (χ1v) is 6.28. The van der Waals surface area contributed by atoms with Crippen molar-refractivity contribution in [1.29, 1.82) is 0 Å². The van der Waals surface area contributed by atoms with Crippen LogP contribution in [-0.4, -0.2) is 42.9 Å². The zero-order valence-electron chi connectivity index (χ0n) is 11.6. The molecule has 0 saturated carbocycles. The Bertz CT molecular complexity index is 406. The maximum Gasteiger partial charge on any atom is 0.407 e. The van der Waals surface area contributed by atoms with Gasteiger partial charge in [-0.3, -0.25) is 0 Å². The van der Waals surface area contributed by atoms with Gasteiger partial charge in [-0.05, 0) is 18.1 Å². The van der Waals surface area contributed by atoms with E-state index in [4.69, 9.17) is 14.6 Å². The average molecular weight is 267 g/mol. The summed E-state index contributed by atoms with van der Waals surface area (Å²) < 4.78 is 10.7. The number of rotatable bonds is 7. The molecule has 0 spiro atoms. The fraction of sp³-hybridized carbons (Fsp3) is 0.500. The largest absolute Gasteiger partial charge is 0.493 e. The Labute approximate surface area is 113 Å². The van der Waals surface area contributed by atoms with Crippen LogP contribution in [0.2, 0.25) is 0 Å². The summed E-state index contributed by atoms with van der Waals surface area (Å²) in [6, 6.07) is 7.31.